The number of benzene rings is 2. The first-order valence-corrected chi connectivity index (χ1v) is 11.0. The van der Waals surface area contributed by atoms with Crippen LogP contribution in [0.3, 0.4) is 0 Å². The zero-order valence-corrected chi connectivity index (χ0v) is 19.2. The van der Waals surface area contributed by atoms with E-state index in [9.17, 15) is 0 Å². The minimum Gasteiger partial charge on any atom is -0.493 e. The molecule has 5 nitrogen and oxygen atoms in total. The fraction of sp³-hybridized carbons (Fsp3) is 0.250. The molecular weight excluding hydrogens is 412 g/mol. The molecule has 1 atom stereocenters. The average Bonchev–Trinajstić information content (AvgIpc) is 3.27. The Kier molecular flexibility index (Phi) is 7.29. The van der Waals surface area contributed by atoms with E-state index < -0.39 is 0 Å². The van der Waals surface area contributed by atoms with Crippen molar-refractivity contribution >= 4 is 11.0 Å². The Morgan fingerprint density at radius 3 is 2.55 bits per heavy atom. The molecule has 0 fully saturated rings. The lowest BCUT2D eigenvalue weighted by Crippen LogP contribution is -2.28. The van der Waals surface area contributed by atoms with E-state index in [1.807, 2.05) is 54.6 Å². The highest BCUT2D eigenvalue weighted by atomic mass is 16.5. The largest absolute Gasteiger partial charge is 0.493 e. The van der Waals surface area contributed by atoms with Crippen LogP contribution >= 0.6 is 0 Å². The highest BCUT2D eigenvalue weighted by Crippen LogP contribution is 2.34. The van der Waals surface area contributed by atoms with Crippen molar-refractivity contribution < 1.29 is 13.9 Å². The van der Waals surface area contributed by atoms with Gasteiger partial charge in [-0.25, -0.2) is 4.98 Å². The third-order valence-corrected chi connectivity index (χ3v) is 5.52. The molecule has 0 saturated carbocycles. The van der Waals surface area contributed by atoms with E-state index in [0.717, 1.165) is 34.3 Å². The van der Waals surface area contributed by atoms with Crippen molar-refractivity contribution in [1.82, 2.24) is 9.88 Å². The van der Waals surface area contributed by atoms with Gasteiger partial charge in [-0.05, 0) is 50.3 Å². The van der Waals surface area contributed by atoms with E-state index in [0.29, 0.717) is 18.9 Å². The Balaban J connectivity index is 1.60. The Hall–Kier alpha value is -3.75. The predicted octanol–water partition coefficient (Wildman–Crippen LogP) is 4.98. The van der Waals surface area contributed by atoms with Crippen molar-refractivity contribution in [1.29, 1.82) is 0 Å². The van der Waals surface area contributed by atoms with E-state index in [1.165, 1.54) is 5.56 Å². The molecule has 0 saturated heterocycles. The van der Waals surface area contributed by atoms with Crippen molar-refractivity contribution in [3.05, 3.63) is 89.8 Å². The number of nitrogens with zero attached hydrogens (tertiary/aromatic N) is 2. The first-order chi connectivity index (χ1) is 16.2. The molecule has 2 heterocycles. The van der Waals surface area contributed by atoms with Gasteiger partial charge < -0.3 is 13.9 Å². The molecule has 0 N–H and O–H groups in total. The zero-order chi connectivity index (χ0) is 23.0. The Morgan fingerprint density at radius 1 is 1.00 bits per heavy atom. The predicted molar refractivity (Wildman–Crippen MR) is 131 cm³/mol. The van der Waals surface area contributed by atoms with Gasteiger partial charge in [0, 0.05) is 35.2 Å². The number of ether oxygens (including phenoxy) is 2. The molecule has 5 heteroatoms. The van der Waals surface area contributed by atoms with Crippen LogP contribution in [-0.4, -0.2) is 43.7 Å². The number of pyridine rings is 1. The number of rotatable bonds is 8. The molecular formula is C28H28N2O3. The molecule has 2 aromatic heterocycles. The molecule has 4 rings (SSSR count). The number of aromatic nitrogens is 1. The van der Waals surface area contributed by atoms with Crippen molar-refractivity contribution in [2.75, 3.05) is 27.8 Å². The van der Waals surface area contributed by atoms with Crippen molar-refractivity contribution in [3.63, 3.8) is 0 Å². The summed E-state index contributed by atoms with van der Waals surface area (Å²) in [5.41, 5.74) is 4.04. The maximum absolute atomic E-state index is 5.94. The molecule has 0 spiro atoms. The van der Waals surface area contributed by atoms with Gasteiger partial charge in [0.1, 0.15) is 0 Å². The molecule has 0 aliphatic heterocycles. The number of likely N-dealkylation sites (N-methyl/N-ethyl adjacent to an activating group) is 1. The van der Waals surface area contributed by atoms with Gasteiger partial charge in [-0.3, -0.25) is 4.90 Å². The van der Waals surface area contributed by atoms with Crippen LogP contribution in [-0.2, 0) is 12.8 Å². The first-order valence-electron chi connectivity index (χ1n) is 11.0. The van der Waals surface area contributed by atoms with Crippen LogP contribution in [0, 0.1) is 11.8 Å². The van der Waals surface area contributed by atoms with E-state index in [4.69, 9.17) is 13.9 Å². The van der Waals surface area contributed by atoms with Gasteiger partial charge in [-0.2, -0.15) is 0 Å². The third kappa shape index (κ3) is 5.54. The smallest absolute Gasteiger partial charge is 0.213 e. The molecule has 2 aromatic carbocycles. The van der Waals surface area contributed by atoms with Crippen LogP contribution in [0.2, 0.25) is 0 Å². The fourth-order valence-electron chi connectivity index (χ4n) is 3.73. The highest BCUT2D eigenvalue weighted by Gasteiger charge is 2.18. The molecule has 0 unspecified atom stereocenters. The molecule has 168 valence electrons. The van der Waals surface area contributed by atoms with Crippen LogP contribution in [0.5, 0.6) is 11.6 Å². The van der Waals surface area contributed by atoms with Gasteiger partial charge in [0.15, 0.2) is 11.3 Å². The van der Waals surface area contributed by atoms with Crippen LogP contribution in [0.15, 0.2) is 77.5 Å². The van der Waals surface area contributed by atoms with Gasteiger partial charge in [-0.15, -0.1) is 0 Å². The Morgan fingerprint density at radius 2 is 1.82 bits per heavy atom. The number of fused-ring (bicyclic) bond motifs is 1. The molecule has 4 aromatic rings. The summed E-state index contributed by atoms with van der Waals surface area (Å²) in [4.78, 5) is 6.37. The average molecular weight is 441 g/mol. The number of hydrogen-bond acceptors (Lipinski definition) is 5. The number of methoxy groups -OCH3 is 1. The molecule has 33 heavy (non-hydrogen) atoms. The van der Waals surface area contributed by atoms with Crippen LogP contribution in [0.25, 0.3) is 11.0 Å². The second-order valence-electron chi connectivity index (χ2n) is 7.98. The first kappa shape index (κ1) is 22.4. The summed E-state index contributed by atoms with van der Waals surface area (Å²) in [5, 5.41) is 1.08. The molecule has 0 aliphatic rings. The van der Waals surface area contributed by atoms with E-state index in [2.05, 4.69) is 41.9 Å². The van der Waals surface area contributed by atoms with Gasteiger partial charge in [0.2, 0.25) is 5.88 Å². The summed E-state index contributed by atoms with van der Waals surface area (Å²) in [5.74, 6) is 8.09. The summed E-state index contributed by atoms with van der Waals surface area (Å²) >= 11 is 0. The normalized spacial score (nSPS) is 11.8. The van der Waals surface area contributed by atoms with Crippen molar-refractivity contribution in [3.8, 4) is 23.5 Å². The standard InChI is InChI=1S/C28H28N2O3/c1-30(2)24(14-12-21-9-5-4-6-10-21)19-22-13-15-25(31-3)28-27(22)23(20-33-28)16-18-32-26-11-7-8-17-29-26/h4-11,13,15,17,20,24H,16,18-19H2,1-3H3/t24-/m0/s1. The van der Waals surface area contributed by atoms with Gasteiger partial charge in [0.05, 0.1) is 26.0 Å². The maximum atomic E-state index is 5.94. The summed E-state index contributed by atoms with van der Waals surface area (Å²) in [7, 11) is 5.78. The molecule has 0 bridgehead atoms. The Labute approximate surface area is 195 Å². The lowest BCUT2D eigenvalue weighted by Gasteiger charge is -2.20. The summed E-state index contributed by atoms with van der Waals surface area (Å²) < 4.78 is 17.3. The quantitative estimate of drug-likeness (QED) is 0.362. The second kappa shape index (κ2) is 10.7. The second-order valence-corrected chi connectivity index (χ2v) is 7.98. The minimum absolute atomic E-state index is 0.0503. The van der Waals surface area contributed by atoms with Crippen LogP contribution < -0.4 is 9.47 Å². The Bertz CT molecular complexity index is 1240. The zero-order valence-electron chi connectivity index (χ0n) is 19.2. The lowest BCUT2D eigenvalue weighted by molar-refractivity contribution is 0.309. The van der Waals surface area contributed by atoms with Crippen LogP contribution in [0.4, 0.5) is 0 Å². The molecule has 0 amide bonds. The molecule has 0 radical (unpaired) electrons. The number of furan rings is 1. The third-order valence-electron chi connectivity index (χ3n) is 5.52. The number of hydrogen-bond donors (Lipinski definition) is 0. The van der Waals surface area contributed by atoms with Crippen molar-refractivity contribution in [2.24, 2.45) is 0 Å². The monoisotopic (exact) mass is 440 g/mol. The lowest BCUT2D eigenvalue weighted by atomic mass is 9.97. The van der Waals surface area contributed by atoms with Crippen molar-refractivity contribution in [2.45, 2.75) is 18.9 Å². The maximum Gasteiger partial charge on any atom is 0.213 e. The highest BCUT2D eigenvalue weighted by molar-refractivity contribution is 5.89. The van der Waals surface area contributed by atoms with Gasteiger partial charge >= 0.3 is 0 Å². The van der Waals surface area contributed by atoms with E-state index in [-0.39, 0.29) is 6.04 Å². The SMILES string of the molecule is COc1ccc(C[C@H](C#Cc2ccccc2)N(C)C)c2c(CCOc3ccccn3)coc12. The summed E-state index contributed by atoms with van der Waals surface area (Å²) in [6.07, 6.45) is 5.00. The summed E-state index contributed by atoms with van der Waals surface area (Å²) in [6, 6.07) is 19.8. The van der Waals surface area contributed by atoms with Gasteiger partial charge in [-0.1, -0.05) is 42.2 Å². The summed E-state index contributed by atoms with van der Waals surface area (Å²) in [6.45, 7) is 0.507. The fourth-order valence-corrected chi connectivity index (χ4v) is 3.73. The minimum atomic E-state index is 0.0503. The topological polar surface area (TPSA) is 47.7 Å². The van der Waals surface area contributed by atoms with Crippen LogP contribution in [0.1, 0.15) is 16.7 Å². The molecule has 0 aliphatic carbocycles. The van der Waals surface area contributed by atoms with Gasteiger partial charge in [0.25, 0.3) is 0 Å². The van der Waals surface area contributed by atoms with E-state index in [1.54, 1.807) is 19.6 Å². The van der Waals surface area contributed by atoms with E-state index >= 15 is 0 Å².